The number of anilines is 1. The third-order valence-electron chi connectivity index (χ3n) is 4.03. The topological polar surface area (TPSA) is 92.8 Å². The zero-order chi connectivity index (χ0) is 22.3. The first-order valence-electron chi connectivity index (χ1n) is 8.69. The van der Waals surface area contributed by atoms with Gasteiger partial charge in [0.2, 0.25) is 18.2 Å². The molecule has 0 fully saturated rings. The summed E-state index contributed by atoms with van der Waals surface area (Å²) in [5.41, 5.74) is -0.657. The average Bonchev–Trinajstić information content (AvgIpc) is 2.68. The molecule has 30 heavy (non-hydrogen) atoms. The standard InChI is InChI=1S/C19H21F3N4O4/c1-26(2)15(10-23-11-27)18(28)25-14-9-13(4-5-16(14)29-3)30-17-8-12(6-7-24-17)19(20,21)22/h4-9,11,15H,10H2,1-3H3,(H,23,27)(H,25,28). The van der Waals surface area contributed by atoms with Crippen LogP contribution in [0.3, 0.4) is 0 Å². The van der Waals surface area contributed by atoms with E-state index < -0.39 is 23.7 Å². The molecule has 2 N–H and O–H groups in total. The van der Waals surface area contributed by atoms with Crippen LogP contribution in [0.2, 0.25) is 0 Å². The summed E-state index contributed by atoms with van der Waals surface area (Å²) < 4.78 is 49.2. The molecule has 0 aliphatic carbocycles. The number of pyridine rings is 1. The van der Waals surface area contributed by atoms with Crippen molar-refractivity contribution in [2.75, 3.05) is 33.1 Å². The van der Waals surface area contributed by atoms with E-state index in [9.17, 15) is 22.8 Å². The lowest BCUT2D eigenvalue weighted by atomic mass is 10.2. The number of carbonyl (C=O) groups is 2. The van der Waals surface area contributed by atoms with Crippen molar-refractivity contribution in [2.45, 2.75) is 12.2 Å². The normalized spacial score (nSPS) is 12.2. The minimum Gasteiger partial charge on any atom is -0.495 e. The minimum atomic E-state index is -4.53. The zero-order valence-electron chi connectivity index (χ0n) is 16.5. The van der Waals surface area contributed by atoms with E-state index in [0.717, 1.165) is 18.3 Å². The first-order chi connectivity index (χ1) is 14.2. The Morgan fingerprint density at radius 1 is 1.27 bits per heavy atom. The van der Waals surface area contributed by atoms with Gasteiger partial charge in [0, 0.05) is 24.9 Å². The molecule has 162 valence electrons. The summed E-state index contributed by atoms with van der Waals surface area (Å²) in [6, 6.07) is 5.30. The lowest BCUT2D eigenvalue weighted by Crippen LogP contribution is -2.46. The number of amides is 2. The van der Waals surface area contributed by atoms with Gasteiger partial charge >= 0.3 is 6.18 Å². The maximum absolute atomic E-state index is 12.9. The number of nitrogens with one attached hydrogen (secondary N) is 2. The minimum absolute atomic E-state index is 0.0784. The molecule has 0 spiro atoms. The van der Waals surface area contributed by atoms with Gasteiger partial charge in [0.1, 0.15) is 17.5 Å². The second-order valence-electron chi connectivity index (χ2n) is 6.34. The van der Waals surface area contributed by atoms with Gasteiger partial charge in [0.05, 0.1) is 18.4 Å². The van der Waals surface area contributed by atoms with Crippen LogP contribution in [0.5, 0.6) is 17.4 Å². The van der Waals surface area contributed by atoms with Crippen LogP contribution in [-0.2, 0) is 15.8 Å². The molecule has 11 heteroatoms. The summed E-state index contributed by atoms with van der Waals surface area (Å²) in [6.45, 7) is 0.0784. The molecule has 0 saturated heterocycles. The van der Waals surface area contributed by atoms with Gasteiger partial charge < -0.3 is 20.1 Å². The number of carbonyl (C=O) groups excluding carboxylic acids is 2. The Bertz CT molecular complexity index is 890. The zero-order valence-corrected chi connectivity index (χ0v) is 16.5. The van der Waals surface area contributed by atoms with Crippen LogP contribution < -0.4 is 20.1 Å². The smallest absolute Gasteiger partial charge is 0.416 e. The van der Waals surface area contributed by atoms with E-state index in [1.165, 1.54) is 25.3 Å². The largest absolute Gasteiger partial charge is 0.495 e. The number of ether oxygens (including phenoxy) is 2. The van der Waals surface area contributed by atoms with Crippen LogP contribution >= 0.6 is 0 Å². The van der Waals surface area contributed by atoms with E-state index >= 15 is 0 Å². The van der Waals surface area contributed by atoms with Crippen LogP contribution in [0.4, 0.5) is 18.9 Å². The molecule has 2 aromatic rings. The average molecular weight is 426 g/mol. The number of rotatable bonds is 9. The summed E-state index contributed by atoms with van der Waals surface area (Å²) in [6.07, 6.45) is -3.05. The predicted octanol–water partition coefficient (Wildman–Crippen LogP) is 2.52. The summed E-state index contributed by atoms with van der Waals surface area (Å²) >= 11 is 0. The van der Waals surface area contributed by atoms with Crippen molar-refractivity contribution in [1.82, 2.24) is 15.2 Å². The fourth-order valence-electron chi connectivity index (χ4n) is 2.50. The second kappa shape index (κ2) is 9.92. The van der Waals surface area contributed by atoms with Crippen molar-refractivity contribution < 1.29 is 32.2 Å². The van der Waals surface area contributed by atoms with E-state index in [0.29, 0.717) is 12.2 Å². The van der Waals surface area contributed by atoms with Gasteiger partial charge in [-0.2, -0.15) is 13.2 Å². The molecule has 1 heterocycles. The van der Waals surface area contributed by atoms with Crippen molar-refractivity contribution in [3.8, 4) is 17.4 Å². The highest BCUT2D eigenvalue weighted by atomic mass is 19.4. The summed E-state index contributed by atoms with van der Waals surface area (Å²) in [5.74, 6) is -0.227. The van der Waals surface area contributed by atoms with Gasteiger partial charge in [-0.15, -0.1) is 0 Å². The predicted molar refractivity (Wildman–Crippen MR) is 102 cm³/mol. The molecule has 0 aliphatic rings. The van der Waals surface area contributed by atoms with Crippen LogP contribution in [0.1, 0.15) is 5.56 Å². The quantitative estimate of drug-likeness (QED) is 0.599. The van der Waals surface area contributed by atoms with E-state index in [2.05, 4.69) is 15.6 Å². The highest BCUT2D eigenvalue weighted by Gasteiger charge is 2.31. The molecule has 0 saturated carbocycles. The molecule has 1 aromatic carbocycles. The SMILES string of the molecule is COc1ccc(Oc2cc(C(F)(F)F)ccn2)cc1NC(=O)C(CNC=O)N(C)C. The molecule has 8 nitrogen and oxygen atoms in total. The lowest BCUT2D eigenvalue weighted by Gasteiger charge is -2.23. The van der Waals surface area contributed by atoms with Gasteiger partial charge in [0.15, 0.2) is 0 Å². The molecule has 0 aliphatic heterocycles. The number of likely N-dealkylation sites (N-methyl/N-ethyl adjacent to an activating group) is 1. The molecular weight excluding hydrogens is 405 g/mol. The Kier molecular flexibility index (Phi) is 7.59. The molecular formula is C19H21F3N4O4. The van der Waals surface area contributed by atoms with E-state index in [4.69, 9.17) is 9.47 Å². The van der Waals surface area contributed by atoms with Crippen molar-refractivity contribution >= 4 is 18.0 Å². The second-order valence-corrected chi connectivity index (χ2v) is 6.34. The van der Waals surface area contributed by atoms with Crippen LogP contribution in [0.25, 0.3) is 0 Å². The van der Waals surface area contributed by atoms with Crippen molar-refractivity contribution in [3.63, 3.8) is 0 Å². The molecule has 0 radical (unpaired) electrons. The fourth-order valence-corrected chi connectivity index (χ4v) is 2.50. The number of benzene rings is 1. The van der Waals surface area contributed by atoms with E-state index in [-0.39, 0.29) is 23.9 Å². The number of hydrogen-bond donors (Lipinski definition) is 2. The van der Waals surface area contributed by atoms with Crippen LogP contribution in [0, 0.1) is 0 Å². The molecule has 2 rings (SSSR count). The Morgan fingerprint density at radius 2 is 2.00 bits per heavy atom. The summed E-state index contributed by atoms with van der Waals surface area (Å²) in [7, 11) is 4.75. The van der Waals surface area contributed by atoms with Crippen molar-refractivity contribution in [2.24, 2.45) is 0 Å². The third kappa shape index (κ3) is 6.08. The lowest BCUT2D eigenvalue weighted by molar-refractivity contribution is -0.137. The first kappa shape index (κ1) is 22.9. The third-order valence-corrected chi connectivity index (χ3v) is 4.03. The van der Waals surface area contributed by atoms with Crippen LogP contribution in [-0.4, -0.2) is 56.0 Å². The molecule has 1 aromatic heterocycles. The van der Waals surface area contributed by atoms with E-state index in [1.807, 2.05) is 0 Å². The highest BCUT2D eigenvalue weighted by Crippen LogP contribution is 2.34. The number of nitrogens with zero attached hydrogens (tertiary/aromatic N) is 2. The number of halogens is 3. The first-order valence-corrected chi connectivity index (χ1v) is 8.69. The maximum Gasteiger partial charge on any atom is 0.416 e. The maximum atomic E-state index is 12.9. The van der Waals surface area contributed by atoms with Crippen molar-refractivity contribution in [3.05, 3.63) is 42.1 Å². The monoisotopic (exact) mass is 426 g/mol. The number of methoxy groups -OCH3 is 1. The molecule has 0 bridgehead atoms. The Labute approximate surface area is 171 Å². The number of hydrogen-bond acceptors (Lipinski definition) is 6. The fraction of sp³-hybridized carbons (Fsp3) is 0.316. The van der Waals surface area contributed by atoms with E-state index in [1.54, 1.807) is 19.0 Å². The van der Waals surface area contributed by atoms with Gasteiger partial charge in [-0.1, -0.05) is 0 Å². The molecule has 1 unspecified atom stereocenters. The molecule has 2 amide bonds. The van der Waals surface area contributed by atoms with Gasteiger partial charge in [-0.05, 0) is 32.3 Å². The molecule has 1 atom stereocenters. The Balaban J connectivity index is 2.25. The number of alkyl halides is 3. The Morgan fingerprint density at radius 3 is 2.60 bits per heavy atom. The van der Waals surface area contributed by atoms with Gasteiger partial charge in [-0.3, -0.25) is 14.5 Å². The number of aromatic nitrogens is 1. The highest BCUT2D eigenvalue weighted by molar-refractivity contribution is 5.96. The van der Waals surface area contributed by atoms with Crippen molar-refractivity contribution in [1.29, 1.82) is 0 Å². The van der Waals surface area contributed by atoms with Crippen LogP contribution in [0.15, 0.2) is 36.5 Å². The summed E-state index contributed by atoms with van der Waals surface area (Å²) in [5, 5.41) is 5.12. The van der Waals surface area contributed by atoms with Gasteiger partial charge in [0.25, 0.3) is 0 Å². The van der Waals surface area contributed by atoms with Gasteiger partial charge in [-0.25, -0.2) is 4.98 Å². The summed E-state index contributed by atoms with van der Waals surface area (Å²) in [4.78, 5) is 28.5. The Hall–Kier alpha value is -3.34.